The molecule has 0 unspecified atom stereocenters. The van der Waals surface area contributed by atoms with Crippen LogP contribution in [0, 0.1) is 0 Å². The van der Waals surface area contributed by atoms with E-state index in [9.17, 15) is 5.11 Å². The van der Waals surface area contributed by atoms with Gasteiger partial charge in [-0.25, -0.2) is 4.79 Å². The Morgan fingerprint density at radius 3 is 0.964 bits per heavy atom. The molecule has 0 atom stereocenters. The first-order valence-corrected chi connectivity index (χ1v) is 20.8. The number of benzene rings is 4. The van der Waals surface area contributed by atoms with E-state index in [4.69, 9.17) is 46.8 Å². The highest BCUT2D eigenvalue weighted by atomic mass is 32.3. The highest BCUT2D eigenvalue weighted by molar-refractivity contribution is 8.30. The molecule has 0 saturated carbocycles. The van der Waals surface area contributed by atoms with Crippen LogP contribution in [-0.2, 0) is 4.18 Å². The largest absolute Gasteiger partial charge is 0.507 e. The second-order valence-corrected chi connectivity index (χ2v) is 14.1. The molecule has 0 aliphatic rings. The number of carbonyl (C=O) groups is 1. The first-order valence-electron chi connectivity index (χ1n) is 19.3. The number of aromatic hydroxyl groups is 1. The van der Waals surface area contributed by atoms with Crippen LogP contribution in [0.4, 0.5) is 0 Å². The molecule has 0 amide bonds. The fraction of sp³-hybridized carbons (Fsp3) is 0.419. The maximum atomic E-state index is 15.0. The third-order valence-electron chi connectivity index (χ3n) is 7.90. The predicted molar refractivity (Wildman–Crippen MR) is 216 cm³/mol. The second kappa shape index (κ2) is 21.1. The SMILES string of the molecule is CCOc1cc(OCC)c(S(OC(=O)c2ccccc2O)(c2c(OCC)cc(OCC)cc2OCC)c2c(OCC)cc(OCC)cc2OCC)c(OCC)c1. The molecule has 1 N–H and O–H groups in total. The van der Waals surface area contributed by atoms with Crippen LogP contribution in [0.1, 0.15) is 72.7 Å². The van der Waals surface area contributed by atoms with E-state index in [1.54, 1.807) is 48.5 Å². The smallest absolute Gasteiger partial charge is 0.353 e. The van der Waals surface area contributed by atoms with Gasteiger partial charge in [0.2, 0.25) is 0 Å². The molecule has 13 heteroatoms. The topological polar surface area (TPSA) is 130 Å². The quantitative estimate of drug-likeness (QED) is 0.0767. The third kappa shape index (κ3) is 9.55. The summed E-state index contributed by atoms with van der Waals surface area (Å²) in [6.07, 6.45) is 0. The first-order chi connectivity index (χ1) is 27.2. The summed E-state index contributed by atoms with van der Waals surface area (Å²) in [7, 11) is -3.69. The molecule has 0 spiro atoms. The van der Waals surface area contributed by atoms with E-state index < -0.39 is 16.3 Å². The summed E-state index contributed by atoms with van der Waals surface area (Å²) in [5.74, 6) is 1.99. The van der Waals surface area contributed by atoms with Crippen LogP contribution in [0.15, 0.2) is 75.4 Å². The molecule has 12 nitrogen and oxygen atoms in total. The average molecular weight is 797 g/mol. The van der Waals surface area contributed by atoms with E-state index in [1.807, 2.05) is 62.3 Å². The molecule has 4 aromatic rings. The van der Waals surface area contributed by atoms with Crippen molar-refractivity contribution >= 4 is 16.3 Å². The van der Waals surface area contributed by atoms with Crippen molar-refractivity contribution in [1.29, 1.82) is 0 Å². The monoisotopic (exact) mass is 796 g/mol. The van der Waals surface area contributed by atoms with Gasteiger partial charge in [0.25, 0.3) is 0 Å². The lowest BCUT2D eigenvalue weighted by Crippen LogP contribution is -2.20. The molecular formula is C43H56O12S. The van der Waals surface area contributed by atoms with Crippen molar-refractivity contribution in [1.82, 2.24) is 0 Å². The van der Waals surface area contributed by atoms with E-state index in [0.717, 1.165) is 0 Å². The van der Waals surface area contributed by atoms with E-state index >= 15 is 4.79 Å². The molecule has 0 aromatic heterocycles. The lowest BCUT2D eigenvalue weighted by atomic mass is 10.2. The van der Waals surface area contributed by atoms with Crippen molar-refractivity contribution in [2.75, 3.05) is 59.5 Å². The summed E-state index contributed by atoms with van der Waals surface area (Å²) in [4.78, 5) is 16.0. The van der Waals surface area contributed by atoms with Crippen molar-refractivity contribution in [3.05, 3.63) is 66.2 Å². The minimum atomic E-state index is -3.69. The molecule has 4 rings (SSSR count). The number of hydrogen-bond acceptors (Lipinski definition) is 12. The minimum Gasteiger partial charge on any atom is -0.507 e. The Kier molecular flexibility index (Phi) is 16.4. The summed E-state index contributed by atoms with van der Waals surface area (Å²) in [5.41, 5.74) is -0.0880. The Labute approximate surface area is 332 Å². The van der Waals surface area contributed by atoms with Gasteiger partial charge in [0, 0.05) is 46.7 Å². The Morgan fingerprint density at radius 2 is 0.714 bits per heavy atom. The average Bonchev–Trinajstić information content (AvgIpc) is 3.16. The van der Waals surface area contributed by atoms with E-state index in [0.29, 0.717) is 86.3 Å². The number of carbonyl (C=O) groups excluding carboxylic acids is 1. The summed E-state index contributed by atoms with van der Waals surface area (Å²) in [6, 6.07) is 16.6. The van der Waals surface area contributed by atoms with Crippen LogP contribution >= 0.6 is 10.3 Å². The van der Waals surface area contributed by atoms with Gasteiger partial charge in [0.05, 0.1) is 59.5 Å². The van der Waals surface area contributed by atoms with Gasteiger partial charge >= 0.3 is 5.97 Å². The maximum Gasteiger partial charge on any atom is 0.353 e. The standard InChI is InChI=1S/C43H56O12S/c1-10-46-29-23-34(49-13-4)40(35(24-29)50-14-5)56(55-43(45)32-21-19-20-22-33(32)44,41-36(51-15-6)25-30(47-11-2)26-37(41)52-16-7)42-38(53-17-8)27-31(48-12-3)28-39(42)54-18-9/h19-28,44H,10-18H2,1-9H3. The van der Waals surface area contributed by atoms with Crippen molar-refractivity contribution < 1.29 is 56.7 Å². The van der Waals surface area contributed by atoms with E-state index in [-0.39, 0.29) is 51.0 Å². The first kappa shape index (κ1) is 43.4. The Morgan fingerprint density at radius 1 is 0.446 bits per heavy atom. The molecule has 56 heavy (non-hydrogen) atoms. The van der Waals surface area contributed by atoms with Gasteiger partial charge in [-0.15, -0.1) is 0 Å². The number of phenols is 1. The van der Waals surface area contributed by atoms with Crippen molar-refractivity contribution in [3.63, 3.8) is 0 Å². The number of hydrogen-bond donors (Lipinski definition) is 1. The zero-order valence-corrected chi connectivity index (χ0v) is 34.8. The van der Waals surface area contributed by atoms with Crippen LogP contribution < -0.4 is 42.6 Å². The maximum absolute atomic E-state index is 15.0. The van der Waals surface area contributed by atoms with Gasteiger partial charge in [-0.1, -0.05) is 12.1 Å². The number of para-hydroxylation sites is 1. The van der Waals surface area contributed by atoms with Crippen LogP contribution in [0.5, 0.6) is 57.5 Å². The summed E-state index contributed by atoms with van der Waals surface area (Å²) >= 11 is 0. The molecule has 4 aromatic carbocycles. The Hall–Kier alpha value is -5.30. The van der Waals surface area contributed by atoms with Gasteiger partial charge in [-0.05, 0) is 74.4 Å². The highest BCUT2D eigenvalue weighted by Crippen LogP contribution is 2.80. The van der Waals surface area contributed by atoms with Gasteiger partial charge in [-0.2, -0.15) is 0 Å². The molecular weight excluding hydrogens is 741 g/mol. The van der Waals surface area contributed by atoms with Crippen LogP contribution in [0.3, 0.4) is 0 Å². The molecule has 306 valence electrons. The van der Waals surface area contributed by atoms with Crippen LogP contribution in [0.2, 0.25) is 0 Å². The summed E-state index contributed by atoms with van der Waals surface area (Å²) < 4.78 is 64.3. The Bertz CT molecular complexity index is 1650. The fourth-order valence-corrected chi connectivity index (χ4v) is 9.66. The lowest BCUT2D eigenvalue weighted by molar-refractivity contribution is 0.0753. The van der Waals surface area contributed by atoms with Gasteiger partial charge < -0.3 is 51.9 Å². The van der Waals surface area contributed by atoms with Gasteiger partial charge in [0.15, 0.2) is 0 Å². The zero-order chi connectivity index (χ0) is 40.7. The molecule has 0 fully saturated rings. The molecule has 0 saturated heterocycles. The zero-order valence-electron chi connectivity index (χ0n) is 34.0. The minimum absolute atomic E-state index is 0.0880. The van der Waals surface area contributed by atoms with Crippen molar-refractivity contribution in [2.45, 2.75) is 77.0 Å². The number of rotatable bonds is 23. The predicted octanol–water partition coefficient (Wildman–Crippen LogP) is 10.0. The molecule has 0 radical (unpaired) electrons. The van der Waals surface area contributed by atoms with Gasteiger partial charge in [0.1, 0.15) is 77.7 Å². The summed E-state index contributed by atoms with van der Waals surface area (Å²) in [6.45, 7) is 19.1. The van der Waals surface area contributed by atoms with Crippen LogP contribution in [0.25, 0.3) is 0 Å². The fourth-order valence-electron chi connectivity index (χ4n) is 6.07. The second-order valence-electron chi connectivity index (χ2n) is 11.6. The van der Waals surface area contributed by atoms with Crippen molar-refractivity contribution in [2.24, 2.45) is 0 Å². The molecule has 0 bridgehead atoms. The number of phenolic OH excluding ortho intramolecular Hbond substituents is 1. The molecule has 0 heterocycles. The normalized spacial score (nSPS) is 11.3. The Balaban J connectivity index is 2.49. The number of ether oxygens (including phenoxy) is 9. The van der Waals surface area contributed by atoms with Crippen LogP contribution in [-0.4, -0.2) is 70.5 Å². The molecule has 0 aliphatic heterocycles. The summed E-state index contributed by atoms with van der Waals surface area (Å²) in [5, 5.41) is 11.1. The lowest BCUT2D eigenvalue weighted by Gasteiger charge is -2.43. The molecule has 0 aliphatic carbocycles. The van der Waals surface area contributed by atoms with Gasteiger partial charge in [-0.3, -0.25) is 0 Å². The highest BCUT2D eigenvalue weighted by Gasteiger charge is 2.50. The van der Waals surface area contributed by atoms with E-state index in [2.05, 4.69) is 0 Å². The third-order valence-corrected chi connectivity index (χ3v) is 11.2. The van der Waals surface area contributed by atoms with Crippen molar-refractivity contribution in [3.8, 4) is 57.5 Å². The van der Waals surface area contributed by atoms with E-state index in [1.165, 1.54) is 12.1 Å².